The van der Waals surface area contributed by atoms with Gasteiger partial charge in [0.1, 0.15) is 11.5 Å². The molecular formula is C54H84N6O4. The quantitative estimate of drug-likeness (QED) is 0.0332. The van der Waals surface area contributed by atoms with E-state index in [1.807, 2.05) is 9.80 Å². The van der Waals surface area contributed by atoms with E-state index in [-0.39, 0.29) is 11.8 Å². The molecule has 2 atom stereocenters. The van der Waals surface area contributed by atoms with Crippen LogP contribution in [0.3, 0.4) is 0 Å². The Morgan fingerprint density at radius 3 is 1.25 bits per heavy atom. The number of ether oxygens (including phenoxy) is 2. The van der Waals surface area contributed by atoms with Crippen LogP contribution in [0.1, 0.15) is 142 Å². The summed E-state index contributed by atoms with van der Waals surface area (Å²) in [5.41, 5.74) is 26.3. The molecule has 10 nitrogen and oxygen atoms in total. The topological polar surface area (TPSA) is 163 Å². The number of benzene rings is 4. The highest BCUT2D eigenvalue weighted by Gasteiger charge is 2.23. The summed E-state index contributed by atoms with van der Waals surface area (Å²) >= 11 is 0. The Kier molecular flexibility index (Phi) is 25.2. The number of nitrogens with zero attached hydrogens (tertiary/aromatic N) is 2. The van der Waals surface area contributed by atoms with Gasteiger partial charge in [-0.15, -0.1) is 0 Å². The van der Waals surface area contributed by atoms with Gasteiger partial charge in [0, 0.05) is 37.3 Å². The number of rotatable bonds is 35. The summed E-state index contributed by atoms with van der Waals surface area (Å²) < 4.78 is 13.5. The summed E-state index contributed by atoms with van der Waals surface area (Å²) in [5.74, 6) is 1.59. The molecule has 0 unspecified atom stereocenters. The van der Waals surface area contributed by atoms with Crippen molar-refractivity contribution in [3.8, 4) is 22.6 Å². The van der Waals surface area contributed by atoms with Crippen LogP contribution in [0.2, 0.25) is 0 Å². The molecule has 0 aliphatic heterocycles. The standard InChI is InChI=1S/C54H84N6O4/c1-3-5-7-9-11-21-37-59(53(61)47(57)29-17-19-35-55)39-23-41-63-49-33-31-43-25-13-15-27-45(43)51(49)52-46-28-16-14-26-44(46)32-34-50(52)64-42-24-40-60(38-22-12-10-8-6-4-2)54(62)48(58)30-18-20-36-56/h13-16,25-28,31-34,47-48H,3-12,17-24,29-30,35-42,55-58H2,1-2H3/t47-,48-/m0/s1. The maximum Gasteiger partial charge on any atom is 0.239 e. The molecule has 0 spiro atoms. The summed E-state index contributed by atoms with van der Waals surface area (Å²) in [6.45, 7) is 9.13. The van der Waals surface area contributed by atoms with E-state index in [1.165, 1.54) is 51.4 Å². The van der Waals surface area contributed by atoms with Crippen molar-refractivity contribution in [1.82, 2.24) is 9.80 Å². The van der Waals surface area contributed by atoms with E-state index in [4.69, 9.17) is 32.4 Å². The van der Waals surface area contributed by atoms with Gasteiger partial charge in [0.2, 0.25) is 11.8 Å². The number of unbranched alkanes of at least 4 members (excludes halogenated alkanes) is 12. The first-order valence-electron chi connectivity index (χ1n) is 25.1. The number of hydrogen-bond donors (Lipinski definition) is 4. The third kappa shape index (κ3) is 17.3. The highest BCUT2D eigenvalue weighted by Crippen LogP contribution is 2.45. The monoisotopic (exact) mass is 881 g/mol. The lowest BCUT2D eigenvalue weighted by atomic mass is 9.92. The molecule has 0 saturated carbocycles. The molecule has 64 heavy (non-hydrogen) atoms. The number of amides is 2. The van der Waals surface area contributed by atoms with Crippen LogP contribution in [-0.2, 0) is 9.59 Å². The Hall–Kier alpha value is -4.22. The Morgan fingerprint density at radius 2 is 0.844 bits per heavy atom. The van der Waals surface area contributed by atoms with Gasteiger partial charge in [-0.2, -0.15) is 0 Å². The van der Waals surface area contributed by atoms with Crippen molar-refractivity contribution in [2.24, 2.45) is 22.9 Å². The van der Waals surface area contributed by atoms with Gasteiger partial charge in [0.25, 0.3) is 0 Å². The van der Waals surface area contributed by atoms with E-state index in [0.717, 1.165) is 95.5 Å². The Labute approximate surface area is 386 Å². The summed E-state index contributed by atoms with van der Waals surface area (Å²) in [6.07, 6.45) is 20.0. The van der Waals surface area contributed by atoms with Crippen molar-refractivity contribution in [3.05, 3.63) is 72.8 Å². The van der Waals surface area contributed by atoms with E-state index in [9.17, 15) is 9.59 Å². The summed E-state index contributed by atoms with van der Waals surface area (Å²) in [4.78, 5) is 31.2. The van der Waals surface area contributed by atoms with Crippen molar-refractivity contribution in [3.63, 3.8) is 0 Å². The van der Waals surface area contributed by atoms with Gasteiger partial charge in [0.15, 0.2) is 0 Å². The van der Waals surface area contributed by atoms with Gasteiger partial charge in [0.05, 0.1) is 25.3 Å². The zero-order valence-corrected chi connectivity index (χ0v) is 39.7. The highest BCUT2D eigenvalue weighted by molar-refractivity contribution is 6.09. The maximum absolute atomic E-state index is 13.6. The first-order valence-corrected chi connectivity index (χ1v) is 25.1. The normalized spacial score (nSPS) is 12.4. The van der Waals surface area contributed by atoms with Gasteiger partial charge in [-0.1, -0.05) is 152 Å². The number of nitrogens with two attached hydrogens (primary N) is 4. The largest absolute Gasteiger partial charge is 0.493 e. The smallest absolute Gasteiger partial charge is 0.239 e. The van der Waals surface area contributed by atoms with E-state index < -0.39 is 12.1 Å². The zero-order chi connectivity index (χ0) is 45.8. The van der Waals surface area contributed by atoms with Crippen LogP contribution in [-0.4, -0.2) is 86.2 Å². The average molecular weight is 881 g/mol. The predicted octanol–water partition coefficient (Wildman–Crippen LogP) is 10.5. The molecule has 0 bridgehead atoms. The minimum atomic E-state index is -0.516. The van der Waals surface area contributed by atoms with E-state index >= 15 is 0 Å². The first-order chi connectivity index (χ1) is 31.3. The molecule has 8 N–H and O–H groups in total. The SMILES string of the molecule is CCCCCCCCN(CCCOc1ccc2ccccc2c1-c1c(OCCCN(CCCCCCCC)C(=O)[C@@H](N)CCCCN)ccc2ccccc12)C(=O)[C@@H](N)CCCCN. The molecule has 4 rings (SSSR count). The predicted molar refractivity (Wildman–Crippen MR) is 269 cm³/mol. The molecule has 0 fully saturated rings. The third-order valence-electron chi connectivity index (χ3n) is 12.5. The van der Waals surface area contributed by atoms with E-state index in [1.54, 1.807) is 0 Å². The molecule has 4 aromatic rings. The summed E-state index contributed by atoms with van der Waals surface area (Å²) in [5, 5.41) is 4.36. The Balaban J connectivity index is 1.54. The fraction of sp³-hybridized carbons (Fsp3) is 0.593. The summed E-state index contributed by atoms with van der Waals surface area (Å²) in [7, 11) is 0. The minimum Gasteiger partial charge on any atom is -0.493 e. The fourth-order valence-electron chi connectivity index (χ4n) is 8.70. The van der Waals surface area contributed by atoms with Crippen LogP contribution in [0.5, 0.6) is 11.5 Å². The van der Waals surface area contributed by atoms with Gasteiger partial charge in [-0.05, 0) is 98.1 Å². The average Bonchev–Trinajstić information content (AvgIpc) is 3.31. The lowest BCUT2D eigenvalue weighted by Gasteiger charge is -2.26. The van der Waals surface area contributed by atoms with Crippen LogP contribution >= 0.6 is 0 Å². The maximum atomic E-state index is 13.6. The number of carbonyl (C=O) groups excluding carboxylic acids is 2. The third-order valence-corrected chi connectivity index (χ3v) is 12.5. The van der Waals surface area contributed by atoms with Crippen LogP contribution in [0.25, 0.3) is 32.7 Å². The molecule has 0 heterocycles. The van der Waals surface area contributed by atoms with E-state index in [2.05, 4.69) is 86.6 Å². The molecule has 0 saturated heterocycles. The van der Waals surface area contributed by atoms with Gasteiger partial charge in [-0.3, -0.25) is 9.59 Å². The first kappa shape index (κ1) is 52.4. The molecule has 354 valence electrons. The molecular weight excluding hydrogens is 797 g/mol. The van der Waals surface area contributed by atoms with Crippen LogP contribution in [0.4, 0.5) is 0 Å². The van der Waals surface area contributed by atoms with Crippen molar-refractivity contribution < 1.29 is 19.1 Å². The van der Waals surface area contributed by atoms with Gasteiger partial charge >= 0.3 is 0 Å². The van der Waals surface area contributed by atoms with Crippen molar-refractivity contribution >= 4 is 33.4 Å². The minimum absolute atomic E-state index is 0.0229. The lowest BCUT2D eigenvalue weighted by molar-refractivity contribution is -0.133. The second-order valence-corrected chi connectivity index (χ2v) is 17.7. The molecule has 0 radical (unpaired) electrons. The Bertz CT molecular complexity index is 1780. The van der Waals surface area contributed by atoms with E-state index in [0.29, 0.717) is 78.2 Å². The second-order valence-electron chi connectivity index (χ2n) is 17.7. The zero-order valence-electron chi connectivity index (χ0n) is 39.7. The van der Waals surface area contributed by atoms with Crippen molar-refractivity contribution in [1.29, 1.82) is 0 Å². The number of hydrogen-bond acceptors (Lipinski definition) is 8. The molecule has 0 aliphatic rings. The molecule has 2 amide bonds. The van der Waals surface area contributed by atoms with Crippen LogP contribution in [0.15, 0.2) is 72.8 Å². The molecule has 0 aliphatic carbocycles. The van der Waals surface area contributed by atoms with Crippen LogP contribution in [0, 0.1) is 0 Å². The Morgan fingerprint density at radius 1 is 0.469 bits per heavy atom. The lowest BCUT2D eigenvalue weighted by Crippen LogP contribution is -2.45. The second kappa shape index (κ2) is 30.8. The number of fused-ring (bicyclic) bond motifs is 2. The fourth-order valence-corrected chi connectivity index (χ4v) is 8.70. The number of carbonyl (C=O) groups is 2. The van der Waals surface area contributed by atoms with Crippen molar-refractivity contribution in [2.75, 3.05) is 52.5 Å². The highest BCUT2D eigenvalue weighted by atomic mass is 16.5. The van der Waals surface area contributed by atoms with Crippen molar-refractivity contribution in [2.45, 2.75) is 154 Å². The molecule has 0 aromatic heterocycles. The molecule has 4 aromatic carbocycles. The summed E-state index contributed by atoms with van der Waals surface area (Å²) in [6, 6.07) is 24.2. The van der Waals surface area contributed by atoms with Gasteiger partial charge in [-0.25, -0.2) is 0 Å². The van der Waals surface area contributed by atoms with Gasteiger partial charge < -0.3 is 42.2 Å². The van der Waals surface area contributed by atoms with Crippen LogP contribution < -0.4 is 32.4 Å². The molecule has 10 heteroatoms.